The predicted molar refractivity (Wildman–Crippen MR) is 53.1 cm³/mol. The summed E-state index contributed by atoms with van der Waals surface area (Å²) in [5, 5.41) is 8.27. The summed E-state index contributed by atoms with van der Waals surface area (Å²) in [6.07, 6.45) is 0. The number of halogens is 1. The van der Waals surface area contributed by atoms with E-state index in [2.05, 4.69) is 0 Å². The molecule has 4 nitrogen and oxygen atoms in total. The SMILES string of the molecule is N#Cc1ccc(S(=O)(=O)O)c(Cl)c1.[NaH]. The summed E-state index contributed by atoms with van der Waals surface area (Å²) in [5.41, 5.74) is 0.234. The van der Waals surface area contributed by atoms with E-state index in [4.69, 9.17) is 21.4 Å². The van der Waals surface area contributed by atoms with E-state index < -0.39 is 15.0 Å². The molecule has 0 aliphatic rings. The Morgan fingerprint density at radius 1 is 1.43 bits per heavy atom. The molecule has 0 fully saturated rings. The molecule has 1 aromatic carbocycles. The molecule has 0 aliphatic carbocycles. The Hall–Kier alpha value is -0.0900. The zero-order valence-corrected chi connectivity index (χ0v) is 7.80. The molecular weight excluding hydrogens is 237 g/mol. The maximum absolute atomic E-state index is 10.6. The fourth-order valence-electron chi connectivity index (χ4n) is 0.780. The Labute approximate surface area is 109 Å². The third-order valence-electron chi connectivity index (χ3n) is 1.34. The number of rotatable bonds is 1. The van der Waals surface area contributed by atoms with Gasteiger partial charge in [0.05, 0.1) is 16.7 Å². The molecule has 0 heterocycles. The van der Waals surface area contributed by atoms with Gasteiger partial charge in [-0.1, -0.05) is 11.6 Å². The van der Waals surface area contributed by atoms with Gasteiger partial charge in [0.25, 0.3) is 10.1 Å². The van der Waals surface area contributed by atoms with Crippen LogP contribution in [0.2, 0.25) is 5.02 Å². The third-order valence-corrected chi connectivity index (χ3v) is 2.68. The monoisotopic (exact) mass is 241 g/mol. The van der Waals surface area contributed by atoms with E-state index in [9.17, 15) is 8.42 Å². The van der Waals surface area contributed by atoms with Gasteiger partial charge in [0.15, 0.2) is 0 Å². The van der Waals surface area contributed by atoms with Crippen molar-refractivity contribution < 1.29 is 13.0 Å². The molecule has 0 saturated heterocycles. The molecule has 14 heavy (non-hydrogen) atoms. The fourth-order valence-corrected chi connectivity index (χ4v) is 1.80. The third kappa shape index (κ3) is 3.24. The van der Waals surface area contributed by atoms with E-state index >= 15 is 0 Å². The van der Waals surface area contributed by atoms with Gasteiger partial charge in [-0.3, -0.25) is 4.55 Å². The molecule has 0 aliphatic heterocycles. The second kappa shape index (κ2) is 5.12. The first-order chi connectivity index (χ1) is 5.95. The normalized spacial score (nSPS) is 10.1. The molecule has 0 saturated carbocycles. The molecule has 0 radical (unpaired) electrons. The van der Waals surface area contributed by atoms with Crippen molar-refractivity contribution in [2.75, 3.05) is 0 Å². The minimum atomic E-state index is -4.30. The molecule has 0 unspecified atom stereocenters. The number of nitriles is 1. The van der Waals surface area contributed by atoms with Gasteiger partial charge in [-0.15, -0.1) is 0 Å². The Balaban J connectivity index is 0.00000169. The summed E-state index contributed by atoms with van der Waals surface area (Å²) in [6.45, 7) is 0. The number of hydrogen-bond donors (Lipinski definition) is 1. The standard InChI is InChI=1S/C7H4ClNO3S.Na.H/c8-6-3-5(4-9)1-2-7(6)13(10,11)12;;/h1-3H,(H,10,11,12);;. The second-order valence-electron chi connectivity index (χ2n) is 2.23. The molecule has 1 N–H and O–H groups in total. The van der Waals surface area contributed by atoms with Crippen LogP contribution in [0, 0.1) is 11.3 Å². The van der Waals surface area contributed by atoms with Crippen molar-refractivity contribution in [3.8, 4) is 6.07 Å². The summed E-state index contributed by atoms with van der Waals surface area (Å²) in [7, 11) is -4.30. The van der Waals surface area contributed by atoms with Crippen LogP contribution in [0.25, 0.3) is 0 Å². The molecule has 0 amide bonds. The number of hydrogen-bond acceptors (Lipinski definition) is 3. The molecule has 0 spiro atoms. The molecule has 70 valence electrons. The maximum atomic E-state index is 10.6. The van der Waals surface area contributed by atoms with E-state index in [0.29, 0.717) is 0 Å². The van der Waals surface area contributed by atoms with Crippen LogP contribution in [0.5, 0.6) is 0 Å². The molecule has 1 rings (SSSR count). The number of nitrogens with zero attached hydrogens (tertiary/aromatic N) is 1. The van der Waals surface area contributed by atoms with Crippen LogP contribution in [0.4, 0.5) is 0 Å². The first-order valence-electron chi connectivity index (χ1n) is 3.12. The Morgan fingerprint density at radius 2 is 2.00 bits per heavy atom. The molecule has 0 aromatic heterocycles. The van der Waals surface area contributed by atoms with Crippen LogP contribution in [-0.4, -0.2) is 42.5 Å². The van der Waals surface area contributed by atoms with Crippen LogP contribution in [0.15, 0.2) is 23.1 Å². The summed E-state index contributed by atoms with van der Waals surface area (Å²) >= 11 is 5.50. The van der Waals surface area contributed by atoms with Crippen molar-refractivity contribution in [1.82, 2.24) is 0 Å². The van der Waals surface area contributed by atoms with Crippen molar-refractivity contribution in [2.45, 2.75) is 4.90 Å². The summed E-state index contributed by atoms with van der Waals surface area (Å²) in [5.74, 6) is 0. The molecule has 1 aromatic rings. The van der Waals surface area contributed by atoms with Crippen LogP contribution in [-0.2, 0) is 10.1 Å². The van der Waals surface area contributed by atoms with E-state index in [1.54, 1.807) is 6.07 Å². The summed E-state index contributed by atoms with van der Waals surface area (Å²) in [6, 6.07) is 5.30. The van der Waals surface area contributed by atoms with Gasteiger partial charge >= 0.3 is 29.6 Å². The van der Waals surface area contributed by atoms with E-state index in [1.807, 2.05) is 0 Å². The predicted octanol–water partition coefficient (Wildman–Crippen LogP) is 0.810. The van der Waals surface area contributed by atoms with Gasteiger partial charge in [-0.25, -0.2) is 0 Å². The zero-order valence-electron chi connectivity index (χ0n) is 6.23. The van der Waals surface area contributed by atoms with E-state index in [1.165, 1.54) is 12.1 Å². The van der Waals surface area contributed by atoms with E-state index in [0.717, 1.165) is 6.07 Å². The first kappa shape index (κ1) is 13.9. The number of benzene rings is 1. The van der Waals surface area contributed by atoms with Crippen molar-refractivity contribution in [3.63, 3.8) is 0 Å². The minimum absolute atomic E-state index is 0. The molecular formula is C7H5ClNNaO3S. The van der Waals surface area contributed by atoms with E-state index in [-0.39, 0.29) is 40.1 Å². The Morgan fingerprint density at radius 3 is 2.36 bits per heavy atom. The molecule has 0 bridgehead atoms. The van der Waals surface area contributed by atoms with Crippen LogP contribution < -0.4 is 0 Å². The quantitative estimate of drug-likeness (QED) is 0.583. The Bertz CT molecular complexity index is 480. The summed E-state index contributed by atoms with van der Waals surface area (Å²) < 4.78 is 29.9. The first-order valence-corrected chi connectivity index (χ1v) is 4.94. The van der Waals surface area contributed by atoms with Crippen LogP contribution >= 0.6 is 11.6 Å². The molecule has 0 atom stereocenters. The second-order valence-corrected chi connectivity index (χ2v) is 4.03. The van der Waals surface area contributed by atoms with Gasteiger partial charge in [-0.2, -0.15) is 13.7 Å². The van der Waals surface area contributed by atoms with Gasteiger partial charge in [0.1, 0.15) is 4.90 Å². The van der Waals surface area contributed by atoms with Gasteiger partial charge in [0, 0.05) is 0 Å². The van der Waals surface area contributed by atoms with Crippen molar-refractivity contribution in [3.05, 3.63) is 28.8 Å². The van der Waals surface area contributed by atoms with Crippen molar-refractivity contribution >= 4 is 51.3 Å². The average Bonchev–Trinajstić information content (AvgIpc) is 2.01. The fraction of sp³-hybridized carbons (Fsp3) is 0. The van der Waals surface area contributed by atoms with Gasteiger partial charge < -0.3 is 0 Å². The zero-order chi connectivity index (χ0) is 10.1. The van der Waals surface area contributed by atoms with Crippen molar-refractivity contribution in [1.29, 1.82) is 5.26 Å². The Kier molecular flexibility index (Phi) is 5.09. The van der Waals surface area contributed by atoms with Gasteiger partial charge in [0.2, 0.25) is 0 Å². The molecule has 7 heteroatoms. The van der Waals surface area contributed by atoms with Gasteiger partial charge in [-0.05, 0) is 18.2 Å². The van der Waals surface area contributed by atoms with Crippen LogP contribution in [0.1, 0.15) is 5.56 Å². The average molecular weight is 242 g/mol. The van der Waals surface area contributed by atoms with Crippen LogP contribution in [0.3, 0.4) is 0 Å². The topological polar surface area (TPSA) is 78.2 Å². The van der Waals surface area contributed by atoms with Crippen molar-refractivity contribution in [2.24, 2.45) is 0 Å². The summed E-state index contributed by atoms with van der Waals surface area (Å²) in [4.78, 5) is -0.395.